The summed E-state index contributed by atoms with van der Waals surface area (Å²) in [5, 5.41) is 2.96. The number of carbonyl (C=O) groups excluding carboxylic acids is 2. The molecule has 1 atom stereocenters. The molecular formula is C20H28N2O3. The molecule has 5 heteroatoms. The predicted octanol–water partition coefficient (Wildman–Crippen LogP) is 2.90. The molecule has 1 unspecified atom stereocenters. The Kier molecular flexibility index (Phi) is 6.45. The number of anilines is 1. The van der Waals surface area contributed by atoms with Gasteiger partial charge < -0.3 is 15.0 Å². The van der Waals surface area contributed by atoms with Crippen molar-refractivity contribution in [3.8, 4) is 0 Å². The Balaban J connectivity index is 1.35. The minimum Gasteiger partial charge on any atom is -0.378 e. The number of hydrogen-bond acceptors (Lipinski definition) is 3. The molecule has 5 nitrogen and oxygen atoms in total. The van der Waals surface area contributed by atoms with E-state index in [9.17, 15) is 9.59 Å². The van der Waals surface area contributed by atoms with Gasteiger partial charge >= 0.3 is 0 Å². The highest BCUT2D eigenvalue weighted by Crippen LogP contribution is 2.25. The van der Waals surface area contributed by atoms with Crippen molar-refractivity contribution in [3.05, 3.63) is 30.3 Å². The summed E-state index contributed by atoms with van der Waals surface area (Å²) >= 11 is 0. The zero-order valence-corrected chi connectivity index (χ0v) is 14.8. The quantitative estimate of drug-likeness (QED) is 0.774. The molecular weight excluding hydrogens is 316 g/mol. The number of amides is 2. The molecule has 2 amide bonds. The fourth-order valence-electron chi connectivity index (χ4n) is 3.65. The molecule has 1 heterocycles. The summed E-state index contributed by atoms with van der Waals surface area (Å²) in [6.07, 6.45) is 7.75. The van der Waals surface area contributed by atoms with Crippen molar-refractivity contribution in [1.82, 2.24) is 5.32 Å². The lowest BCUT2D eigenvalue weighted by atomic mass is 9.98. The first-order valence-electron chi connectivity index (χ1n) is 9.49. The Morgan fingerprint density at radius 3 is 2.68 bits per heavy atom. The third kappa shape index (κ3) is 5.05. The summed E-state index contributed by atoms with van der Waals surface area (Å²) in [5.74, 6) is -0.261. The lowest BCUT2D eigenvalue weighted by molar-refractivity contribution is -0.126. The van der Waals surface area contributed by atoms with E-state index in [1.165, 1.54) is 32.1 Å². The van der Waals surface area contributed by atoms with Crippen LogP contribution in [0.15, 0.2) is 30.3 Å². The lowest BCUT2D eigenvalue weighted by Crippen LogP contribution is -2.34. The highest BCUT2D eigenvalue weighted by molar-refractivity contribution is 6.00. The molecule has 25 heavy (non-hydrogen) atoms. The molecule has 3 rings (SSSR count). The number of nitrogens with one attached hydrogen (secondary N) is 1. The van der Waals surface area contributed by atoms with Crippen LogP contribution in [-0.4, -0.2) is 37.6 Å². The van der Waals surface area contributed by atoms with Crippen LogP contribution in [0, 0.1) is 5.92 Å². The van der Waals surface area contributed by atoms with Crippen LogP contribution in [0.1, 0.15) is 44.9 Å². The second-order valence-corrected chi connectivity index (χ2v) is 7.02. The monoisotopic (exact) mass is 344 g/mol. The number of hydrogen-bond donors (Lipinski definition) is 1. The van der Waals surface area contributed by atoms with Gasteiger partial charge in [0, 0.05) is 31.8 Å². The van der Waals surface area contributed by atoms with Crippen molar-refractivity contribution in [1.29, 1.82) is 0 Å². The van der Waals surface area contributed by atoms with Crippen molar-refractivity contribution >= 4 is 17.5 Å². The van der Waals surface area contributed by atoms with Crippen molar-refractivity contribution in [2.45, 2.75) is 51.0 Å². The Hall–Kier alpha value is -1.88. The van der Waals surface area contributed by atoms with Gasteiger partial charge in [0.05, 0.1) is 12.0 Å². The van der Waals surface area contributed by atoms with Crippen molar-refractivity contribution in [3.63, 3.8) is 0 Å². The first-order chi connectivity index (χ1) is 12.2. The van der Waals surface area contributed by atoms with E-state index in [0.717, 1.165) is 12.1 Å². The lowest BCUT2D eigenvalue weighted by Gasteiger charge is -2.22. The average molecular weight is 344 g/mol. The van der Waals surface area contributed by atoms with Crippen LogP contribution in [0.3, 0.4) is 0 Å². The van der Waals surface area contributed by atoms with Crippen LogP contribution in [0.25, 0.3) is 0 Å². The molecule has 0 radical (unpaired) electrons. The van der Waals surface area contributed by atoms with Crippen LogP contribution in [0.5, 0.6) is 0 Å². The summed E-state index contributed by atoms with van der Waals surface area (Å²) < 4.78 is 5.87. The van der Waals surface area contributed by atoms with Gasteiger partial charge in [-0.15, -0.1) is 0 Å². The summed E-state index contributed by atoms with van der Waals surface area (Å²) in [6.45, 7) is 1.78. The summed E-state index contributed by atoms with van der Waals surface area (Å²) in [7, 11) is 0. The van der Waals surface area contributed by atoms with Crippen LogP contribution in [-0.2, 0) is 14.3 Å². The third-order valence-electron chi connectivity index (χ3n) is 5.09. The van der Waals surface area contributed by atoms with E-state index < -0.39 is 0 Å². The van der Waals surface area contributed by atoms with Crippen molar-refractivity contribution in [2.75, 3.05) is 24.6 Å². The first-order valence-corrected chi connectivity index (χ1v) is 9.49. The van der Waals surface area contributed by atoms with Gasteiger partial charge in [0.1, 0.15) is 0 Å². The van der Waals surface area contributed by atoms with Crippen LogP contribution >= 0.6 is 0 Å². The number of carbonyl (C=O) groups is 2. The number of para-hydroxylation sites is 1. The molecule has 2 fully saturated rings. The van der Waals surface area contributed by atoms with E-state index >= 15 is 0 Å². The van der Waals surface area contributed by atoms with E-state index in [0.29, 0.717) is 32.2 Å². The molecule has 0 bridgehead atoms. The summed E-state index contributed by atoms with van der Waals surface area (Å²) in [5.41, 5.74) is 0.865. The highest BCUT2D eigenvalue weighted by Gasteiger charge is 2.34. The Labute approximate surface area is 149 Å². The second-order valence-electron chi connectivity index (χ2n) is 7.02. The Bertz CT molecular complexity index is 570. The zero-order chi connectivity index (χ0) is 17.5. The maximum absolute atomic E-state index is 12.3. The SMILES string of the molecule is O=C(NCCCOC1CCCCC1)C1CC(=O)N(c2ccccc2)C1. The highest BCUT2D eigenvalue weighted by atomic mass is 16.5. The van der Waals surface area contributed by atoms with Gasteiger partial charge in [-0.1, -0.05) is 37.5 Å². The Morgan fingerprint density at radius 1 is 1.16 bits per heavy atom. The van der Waals surface area contributed by atoms with E-state index in [-0.39, 0.29) is 17.7 Å². The van der Waals surface area contributed by atoms with Crippen LogP contribution in [0.4, 0.5) is 5.69 Å². The third-order valence-corrected chi connectivity index (χ3v) is 5.09. The molecule has 1 N–H and O–H groups in total. The van der Waals surface area contributed by atoms with Gasteiger partial charge in [-0.05, 0) is 31.4 Å². The standard InChI is InChI=1S/C20H28N2O3/c23-19-14-16(15-22(19)17-8-3-1-4-9-17)20(24)21-12-7-13-25-18-10-5-2-6-11-18/h1,3-4,8-9,16,18H,2,5-7,10-15H2,(H,21,24). The summed E-state index contributed by atoms with van der Waals surface area (Å²) in [6, 6.07) is 9.54. The molecule has 1 aromatic carbocycles. The molecule has 0 spiro atoms. The summed E-state index contributed by atoms with van der Waals surface area (Å²) in [4.78, 5) is 26.2. The van der Waals surface area contributed by atoms with E-state index in [1.54, 1.807) is 4.90 Å². The average Bonchev–Trinajstić information content (AvgIpc) is 3.05. The van der Waals surface area contributed by atoms with Gasteiger partial charge in [-0.3, -0.25) is 9.59 Å². The Morgan fingerprint density at radius 2 is 1.92 bits per heavy atom. The maximum Gasteiger partial charge on any atom is 0.227 e. The van der Waals surface area contributed by atoms with Crippen LogP contribution in [0.2, 0.25) is 0 Å². The smallest absolute Gasteiger partial charge is 0.227 e. The molecule has 1 saturated carbocycles. The van der Waals surface area contributed by atoms with Crippen LogP contribution < -0.4 is 10.2 Å². The molecule has 136 valence electrons. The second kappa shape index (κ2) is 8.99. The predicted molar refractivity (Wildman–Crippen MR) is 97.4 cm³/mol. The van der Waals surface area contributed by atoms with Gasteiger partial charge in [0.15, 0.2) is 0 Å². The molecule has 2 aliphatic rings. The van der Waals surface area contributed by atoms with E-state index in [1.807, 2.05) is 30.3 Å². The molecule has 0 aromatic heterocycles. The first kappa shape index (κ1) is 17.9. The normalized spacial score (nSPS) is 21.5. The fraction of sp³-hybridized carbons (Fsp3) is 0.600. The minimum absolute atomic E-state index is 0.0204. The number of nitrogens with zero attached hydrogens (tertiary/aromatic N) is 1. The number of ether oxygens (including phenoxy) is 1. The van der Waals surface area contributed by atoms with E-state index in [2.05, 4.69) is 5.32 Å². The number of benzene rings is 1. The van der Waals surface area contributed by atoms with Gasteiger partial charge in [-0.25, -0.2) is 0 Å². The minimum atomic E-state index is -0.257. The molecule has 1 aromatic rings. The van der Waals surface area contributed by atoms with Gasteiger partial charge in [-0.2, -0.15) is 0 Å². The fourth-order valence-corrected chi connectivity index (χ4v) is 3.65. The zero-order valence-electron chi connectivity index (χ0n) is 14.8. The van der Waals surface area contributed by atoms with Gasteiger partial charge in [0.25, 0.3) is 0 Å². The van der Waals surface area contributed by atoms with E-state index in [4.69, 9.17) is 4.74 Å². The largest absolute Gasteiger partial charge is 0.378 e. The number of rotatable bonds is 7. The van der Waals surface area contributed by atoms with Crippen molar-refractivity contribution < 1.29 is 14.3 Å². The maximum atomic E-state index is 12.3. The topological polar surface area (TPSA) is 58.6 Å². The van der Waals surface area contributed by atoms with Gasteiger partial charge in [0.2, 0.25) is 11.8 Å². The molecule has 1 aliphatic heterocycles. The molecule has 1 aliphatic carbocycles. The molecule has 1 saturated heterocycles. The van der Waals surface area contributed by atoms with Crippen molar-refractivity contribution in [2.24, 2.45) is 5.92 Å².